The first kappa shape index (κ1) is 20.4. The minimum atomic E-state index is -0.565. The van der Waals surface area contributed by atoms with E-state index in [0.29, 0.717) is 17.9 Å². The maximum Gasteiger partial charge on any atom is 0.330 e. The summed E-state index contributed by atoms with van der Waals surface area (Å²) in [6.07, 6.45) is 2.32. The molecule has 0 amide bonds. The molecule has 8 nitrogen and oxygen atoms in total. The van der Waals surface area contributed by atoms with Gasteiger partial charge in [-0.25, -0.2) is 19.2 Å². The topological polar surface area (TPSA) is 109 Å². The number of hydrogen-bond acceptors (Lipinski definition) is 5. The molecule has 0 aliphatic carbocycles. The molecule has 0 atom stereocenters. The molecule has 0 aliphatic heterocycles. The lowest BCUT2D eigenvalue weighted by Crippen LogP contribution is -2.30. The van der Waals surface area contributed by atoms with Gasteiger partial charge in [0, 0.05) is 24.9 Å². The van der Waals surface area contributed by atoms with Crippen LogP contribution in [0, 0.1) is 11.2 Å². The zero-order chi connectivity index (χ0) is 21.1. The van der Waals surface area contributed by atoms with Gasteiger partial charge in [-0.1, -0.05) is 23.7 Å². The van der Waals surface area contributed by atoms with Crippen LogP contribution < -0.4 is 11.2 Å². The van der Waals surface area contributed by atoms with Gasteiger partial charge in [0.05, 0.1) is 6.21 Å². The molecule has 150 valence electrons. The van der Waals surface area contributed by atoms with Gasteiger partial charge >= 0.3 is 5.69 Å². The normalized spacial score (nSPS) is 12.6. The summed E-state index contributed by atoms with van der Waals surface area (Å²) in [4.78, 5) is 35.5. The Balaban J connectivity index is 2.29. The van der Waals surface area contributed by atoms with Crippen LogP contribution in [-0.2, 0) is 13.1 Å². The third-order valence-corrected chi connectivity index (χ3v) is 4.52. The van der Waals surface area contributed by atoms with E-state index >= 15 is 0 Å². The minimum absolute atomic E-state index is 0.0196. The van der Waals surface area contributed by atoms with Crippen molar-refractivity contribution in [3.63, 3.8) is 0 Å². The number of imidazole rings is 1. The van der Waals surface area contributed by atoms with E-state index in [-0.39, 0.29) is 28.7 Å². The van der Waals surface area contributed by atoms with E-state index in [2.05, 4.69) is 15.0 Å². The highest BCUT2D eigenvalue weighted by Gasteiger charge is 2.19. The van der Waals surface area contributed by atoms with Crippen molar-refractivity contribution in [1.82, 2.24) is 19.1 Å². The second-order valence-electron chi connectivity index (χ2n) is 6.23. The quantitative estimate of drug-likeness (QED) is 0.603. The van der Waals surface area contributed by atoms with Gasteiger partial charge in [-0.3, -0.25) is 14.3 Å². The summed E-state index contributed by atoms with van der Waals surface area (Å²) in [6.45, 7) is 4.04. The molecular weight excluding hydrogens is 399 g/mol. The van der Waals surface area contributed by atoms with E-state index in [4.69, 9.17) is 17.0 Å². The van der Waals surface area contributed by atoms with Crippen molar-refractivity contribution < 1.29 is 4.39 Å². The largest absolute Gasteiger partial charge is 0.330 e. The SMILES string of the molecule is CCn1c(=O)[nH]c(=O)c2c1nc(/C(C)=C/N=C(Cl)C=N)n2Cc1ccc(F)cc1. The molecule has 0 spiro atoms. The van der Waals surface area contributed by atoms with Crippen molar-refractivity contribution in [2.24, 2.45) is 4.99 Å². The van der Waals surface area contributed by atoms with Crippen LogP contribution in [0.3, 0.4) is 0 Å². The Morgan fingerprint density at radius 3 is 2.62 bits per heavy atom. The molecule has 2 aromatic heterocycles. The van der Waals surface area contributed by atoms with Gasteiger partial charge < -0.3 is 9.98 Å². The number of aromatic nitrogens is 4. The van der Waals surface area contributed by atoms with Crippen molar-refractivity contribution in [1.29, 1.82) is 5.41 Å². The van der Waals surface area contributed by atoms with Gasteiger partial charge in [0.25, 0.3) is 5.56 Å². The van der Waals surface area contributed by atoms with Gasteiger partial charge in [-0.05, 0) is 31.5 Å². The summed E-state index contributed by atoms with van der Waals surface area (Å²) in [5.74, 6) is 0.0367. The average molecular weight is 417 g/mol. The fourth-order valence-corrected chi connectivity index (χ4v) is 3.00. The van der Waals surface area contributed by atoms with Gasteiger partial charge in [-0.15, -0.1) is 0 Å². The van der Waals surface area contributed by atoms with Crippen molar-refractivity contribution in [3.8, 4) is 0 Å². The van der Waals surface area contributed by atoms with Crippen LogP contribution in [0.4, 0.5) is 4.39 Å². The molecule has 3 rings (SSSR count). The van der Waals surface area contributed by atoms with E-state index in [1.165, 1.54) is 22.9 Å². The lowest BCUT2D eigenvalue weighted by molar-refractivity contribution is 0.626. The average Bonchev–Trinajstić information content (AvgIpc) is 3.07. The van der Waals surface area contributed by atoms with Gasteiger partial charge in [-0.2, -0.15) is 0 Å². The number of nitrogens with one attached hydrogen (secondary N) is 2. The highest BCUT2D eigenvalue weighted by Crippen LogP contribution is 2.21. The van der Waals surface area contributed by atoms with Crippen molar-refractivity contribution in [2.45, 2.75) is 26.9 Å². The third kappa shape index (κ3) is 4.09. The van der Waals surface area contributed by atoms with Gasteiger partial charge in [0.15, 0.2) is 11.2 Å². The van der Waals surface area contributed by atoms with Crippen molar-refractivity contribution >= 4 is 39.7 Å². The molecule has 29 heavy (non-hydrogen) atoms. The fraction of sp³-hybridized carbons (Fsp3) is 0.211. The maximum atomic E-state index is 13.3. The summed E-state index contributed by atoms with van der Waals surface area (Å²) < 4.78 is 16.3. The minimum Gasteiger partial charge on any atom is -0.314 e. The molecule has 1 aromatic carbocycles. The first-order valence-electron chi connectivity index (χ1n) is 8.74. The van der Waals surface area contributed by atoms with Crippen LogP contribution in [0.25, 0.3) is 16.7 Å². The predicted octanol–water partition coefficient (Wildman–Crippen LogP) is 2.74. The van der Waals surface area contributed by atoms with Crippen molar-refractivity contribution in [3.05, 3.63) is 68.5 Å². The molecule has 2 N–H and O–H groups in total. The Morgan fingerprint density at radius 1 is 1.31 bits per heavy atom. The first-order chi connectivity index (χ1) is 13.8. The molecule has 10 heteroatoms. The number of rotatable bonds is 6. The summed E-state index contributed by atoms with van der Waals surface area (Å²) >= 11 is 5.75. The van der Waals surface area contributed by atoms with Crippen LogP contribution in [0.1, 0.15) is 25.2 Å². The maximum absolute atomic E-state index is 13.3. The van der Waals surface area contributed by atoms with E-state index in [9.17, 15) is 14.0 Å². The van der Waals surface area contributed by atoms with E-state index < -0.39 is 11.2 Å². The summed E-state index contributed by atoms with van der Waals surface area (Å²) in [7, 11) is 0. The standard InChI is InChI=1S/C19H18ClFN6O2/c1-3-26-17-15(18(28)25-19(26)29)27(10-12-4-6-13(21)7-5-12)16(24-17)11(2)9-23-14(20)8-22/h4-9,22H,3,10H2,1-2H3,(H,25,28,29)/b11-9+,22-8?,23-14?. The molecule has 0 aliphatic rings. The second kappa shape index (κ2) is 8.36. The molecule has 0 saturated carbocycles. The molecule has 0 fully saturated rings. The number of halogens is 2. The lowest BCUT2D eigenvalue weighted by Gasteiger charge is -2.09. The number of allylic oxidation sites excluding steroid dienone is 1. The number of aromatic amines is 1. The Kier molecular flexibility index (Phi) is 5.88. The monoisotopic (exact) mass is 416 g/mol. The summed E-state index contributed by atoms with van der Waals surface area (Å²) in [5, 5.41) is 7.09. The highest BCUT2D eigenvalue weighted by molar-refractivity contribution is 6.79. The number of hydrogen-bond donors (Lipinski definition) is 2. The Hall–Kier alpha value is -3.33. The van der Waals surface area contributed by atoms with Crippen molar-refractivity contribution in [2.75, 3.05) is 0 Å². The number of aliphatic imine (C=N–C) groups is 1. The summed E-state index contributed by atoms with van der Waals surface area (Å²) in [6, 6.07) is 5.88. The van der Waals surface area contributed by atoms with E-state index in [1.54, 1.807) is 30.5 Å². The predicted molar refractivity (Wildman–Crippen MR) is 112 cm³/mol. The molecule has 0 bridgehead atoms. The Bertz CT molecular complexity index is 1250. The van der Waals surface area contributed by atoms with Crippen LogP contribution in [-0.4, -0.2) is 30.5 Å². The molecule has 3 aromatic rings. The molecule has 0 radical (unpaired) electrons. The number of H-pyrrole nitrogens is 1. The Labute approximate surface area is 169 Å². The highest BCUT2D eigenvalue weighted by atomic mass is 35.5. The fourth-order valence-electron chi connectivity index (χ4n) is 2.95. The van der Waals surface area contributed by atoms with E-state index in [1.807, 2.05) is 0 Å². The van der Waals surface area contributed by atoms with Crippen LogP contribution in [0.5, 0.6) is 0 Å². The number of fused-ring (bicyclic) bond motifs is 1. The molecule has 2 heterocycles. The van der Waals surface area contributed by atoms with E-state index in [0.717, 1.165) is 11.8 Å². The van der Waals surface area contributed by atoms with Gasteiger partial charge in [0.1, 0.15) is 16.8 Å². The molecule has 0 saturated heterocycles. The molecular formula is C19H18ClFN6O2. The second-order valence-corrected chi connectivity index (χ2v) is 6.62. The smallest absolute Gasteiger partial charge is 0.314 e. The first-order valence-corrected chi connectivity index (χ1v) is 9.12. The number of benzene rings is 1. The van der Waals surface area contributed by atoms with Crippen LogP contribution in [0.2, 0.25) is 0 Å². The summed E-state index contributed by atoms with van der Waals surface area (Å²) in [5.41, 5.74) is 0.667. The zero-order valence-corrected chi connectivity index (χ0v) is 16.5. The van der Waals surface area contributed by atoms with Gasteiger partial charge in [0.2, 0.25) is 0 Å². The number of nitrogens with zero attached hydrogens (tertiary/aromatic N) is 4. The Morgan fingerprint density at radius 2 is 2.00 bits per heavy atom. The molecule has 0 unspecified atom stereocenters. The number of aryl methyl sites for hydroxylation is 1. The lowest BCUT2D eigenvalue weighted by atomic mass is 10.2. The zero-order valence-electron chi connectivity index (χ0n) is 15.7. The van der Waals surface area contributed by atoms with Crippen LogP contribution in [0.15, 0.2) is 45.0 Å². The third-order valence-electron chi connectivity index (χ3n) is 4.31. The van der Waals surface area contributed by atoms with Crippen LogP contribution >= 0.6 is 11.6 Å².